The van der Waals surface area contributed by atoms with Crippen LogP contribution < -0.4 is 30.8 Å². The maximum absolute atomic E-state index is 2.65. The Bertz CT molecular complexity index is 3040. The average Bonchev–Trinajstić information content (AvgIpc) is 3.22. The lowest BCUT2D eigenvalue weighted by atomic mass is 9.33. The number of aryl methyl sites for hydroxylation is 2. The lowest BCUT2D eigenvalue weighted by molar-refractivity contribution is -0.660. The van der Waals surface area contributed by atoms with E-state index in [-0.39, 0.29) is 28.4 Å². The van der Waals surface area contributed by atoms with Crippen LogP contribution in [0.15, 0.2) is 137 Å². The zero-order valence-electron chi connectivity index (χ0n) is 40.5. The van der Waals surface area contributed by atoms with Crippen LogP contribution in [-0.4, -0.2) is 6.71 Å². The fourth-order valence-electron chi connectivity index (χ4n) is 10.2. The van der Waals surface area contributed by atoms with Gasteiger partial charge in [-0.3, -0.25) is 0 Å². The van der Waals surface area contributed by atoms with Gasteiger partial charge in [0.05, 0.1) is 11.4 Å². The molecule has 4 heterocycles. The molecule has 322 valence electrons. The summed E-state index contributed by atoms with van der Waals surface area (Å²) in [6.07, 6.45) is 2.13. The van der Waals surface area contributed by atoms with E-state index in [9.17, 15) is 0 Å². The van der Waals surface area contributed by atoms with Crippen molar-refractivity contribution in [2.24, 2.45) is 7.05 Å². The number of anilines is 6. The third kappa shape index (κ3) is 6.92. The highest BCUT2D eigenvalue weighted by molar-refractivity contribution is 7.99. The fraction of sp³-hybridized carbons (Fsp3) is 0.305. The molecule has 64 heavy (non-hydrogen) atoms. The van der Waals surface area contributed by atoms with Gasteiger partial charge in [-0.2, -0.15) is 0 Å². The second kappa shape index (κ2) is 14.5. The minimum absolute atomic E-state index is 0.0189. The molecule has 0 fully saturated rings. The Labute approximate surface area is 387 Å². The quantitative estimate of drug-likeness (QED) is 0.130. The number of pyridine rings is 1. The summed E-state index contributed by atoms with van der Waals surface area (Å²) in [5, 5.41) is 0. The van der Waals surface area contributed by atoms with Crippen LogP contribution in [-0.2, 0) is 28.7 Å². The van der Waals surface area contributed by atoms with Gasteiger partial charge in [-0.1, -0.05) is 143 Å². The van der Waals surface area contributed by atoms with E-state index < -0.39 is 0 Å². The molecule has 0 spiro atoms. The highest BCUT2D eigenvalue weighted by atomic mass is 32.2. The molecular formula is C59H63BN3S+. The Hall–Kier alpha value is -5.52. The lowest BCUT2D eigenvalue weighted by Crippen LogP contribution is -2.62. The SMILES string of the molecule is Cc1cc(-c2cc3c4c(c2)N2c5ccc(C(C)(C)C)cc5Sc5cc(C(C)(C)C)cc(c52)B4c2cc(C(C)(C)C)ccc2N3c2ccc(C(C)(C)C)cc2)ccc1-c1cccc[n+]1C. The number of nitrogens with zero attached hydrogens (tertiary/aromatic N) is 3. The third-order valence-corrected chi connectivity index (χ3v) is 15.1. The lowest BCUT2D eigenvalue weighted by Gasteiger charge is -2.47. The molecule has 0 unspecified atom stereocenters. The van der Waals surface area contributed by atoms with Crippen molar-refractivity contribution in [2.45, 2.75) is 121 Å². The van der Waals surface area contributed by atoms with Gasteiger partial charge in [0.1, 0.15) is 7.05 Å². The van der Waals surface area contributed by atoms with Crippen molar-refractivity contribution in [2.75, 3.05) is 9.80 Å². The summed E-state index contributed by atoms with van der Waals surface area (Å²) in [6.45, 7) is 30.3. The topological polar surface area (TPSA) is 10.4 Å². The van der Waals surface area contributed by atoms with Crippen molar-refractivity contribution in [1.29, 1.82) is 0 Å². The third-order valence-electron chi connectivity index (χ3n) is 14.0. The van der Waals surface area contributed by atoms with E-state index in [0.717, 1.165) is 0 Å². The first-order valence-electron chi connectivity index (χ1n) is 23.2. The summed E-state index contributed by atoms with van der Waals surface area (Å²) in [5.41, 5.74) is 23.3. The van der Waals surface area contributed by atoms with E-state index in [1.165, 1.54) is 111 Å². The van der Waals surface area contributed by atoms with E-state index in [1.54, 1.807) is 0 Å². The minimum Gasteiger partial charge on any atom is -0.311 e. The van der Waals surface area contributed by atoms with Crippen LogP contribution in [0.25, 0.3) is 22.4 Å². The highest BCUT2D eigenvalue weighted by Crippen LogP contribution is 2.56. The van der Waals surface area contributed by atoms with Crippen LogP contribution in [0.2, 0.25) is 0 Å². The van der Waals surface area contributed by atoms with Gasteiger partial charge in [0.2, 0.25) is 5.69 Å². The minimum atomic E-state index is -0.0379. The van der Waals surface area contributed by atoms with E-state index >= 15 is 0 Å². The molecule has 0 atom stereocenters. The van der Waals surface area contributed by atoms with E-state index in [0.29, 0.717) is 0 Å². The van der Waals surface area contributed by atoms with Crippen LogP contribution in [0.5, 0.6) is 0 Å². The van der Waals surface area contributed by atoms with Gasteiger partial charge in [-0.15, -0.1) is 0 Å². The van der Waals surface area contributed by atoms with Gasteiger partial charge >= 0.3 is 0 Å². The second-order valence-corrected chi connectivity index (χ2v) is 23.9. The highest BCUT2D eigenvalue weighted by Gasteiger charge is 2.47. The van der Waals surface area contributed by atoms with E-state index in [2.05, 4.69) is 239 Å². The van der Waals surface area contributed by atoms with Crippen molar-refractivity contribution in [3.05, 3.63) is 155 Å². The smallest absolute Gasteiger partial charge is 0.252 e. The van der Waals surface area contributed by atoms with Gasteiger partial charge in [0.25, 0.3) is 6.71 Å². The van der Waals surface area contributed by atoms with Gasteiger partial charge < -0.3 is 9.80 Å². The van der Waals surface area contributed by atoms with Crippen LogP contribution in [0.3, 0.4) is 0 Å². The number of rotatable bonds is 3. The molecule has 0 amide bonds. The zero-order valence-corrected chi connectivity index (χ0v) is 41.3. The first kappa shape index (κ1) is 42.4. The molecule has 10 rings (SSSR count). The molecule has 1 aromatic heterocycles. The molecule has 0 radical (unpaired) electrons. The van der Waals surface area contributed by atoms with Crippen LogP contribution in [0, 0.1) is 6.92 Å². The van der Waals surface area contributed by atoms with E-state index in [4.69, 9.17) is 0 Å². The second-order valence-electron chi connectivity index (χ2n) is 22.8. The summed E-state index contributed by atoms with van der Waals surface area (Å²) in [5.74, 6) is 0. The van der Waals surface area contributed by atoms with Crippen LogP contribution in [0.1, 0.15) is 111 Å². The molecule has 0 aliphatic carbocycles. The molecule has 0 saturated carbocycles. The summed E-state index contributed by atoms with van der Waals surface area (Å²) in [4.78, 5) is 7.88. The maximum Gasteiger partial charge on any atom is 0.252 e. The van der Waals surface area contributed by atoms with Gasteiger partial charge in [0.15, 0.2) is 6.20 Å². The van der Waals surface area contributed by atoms with Gasteiger partial charge in [-0.25, -0.2) is 4.57 Å². The molecule has 6 aromatic carbocycles. The maximum atomic E-state index is 2.65. The number of hydrogen-bond acceptors (Lipinski definition) is 3. The molecule has 3 aliphatic heterocycles. The Kier molecular flexibility index (Phi) is 9.61. The zero-order chi connectivity index (χ0) is 45.4. The largest absolute Gasteiger partial charge is 0.311 e. The fourth-order valence-corrected chi connectivity index (χ4v) is 11.4. The number of hydrogen-bond donors (Lipinski definition) is 0. The Morgan fingerprint density at radius 2 is 1.06 bits per heavy atom. The van der Waals surface area contributed by atoms with Gasteiger partial charge in [0, 0.05) is 50.2 Å². The molecule has 3 aliphatic rings. The summed E-state index contributed by atoms with van der Waals surface area (Å²) in [6, 6.07) is 47.6. The normalized spacial score (nSPS) is 14.2. The standard InChI is InChI=1S/C59H63BN3S/c1-36-29-37(18-25-44(36)47-17-15-16-28-61(47)14)38-30-50-54-51(31-38)63-49-27-22-41(58(8,9)10)34-52(49)64-53-35-42(59(11,12)13)33-46(55(53)63)60(54)45-32-40(57(5,6)7)21-26-48(45)62(50)43-23-19-39(20-24-43)56(2,3)4/h15-35H,1-14H3/q+1. The Morgan fingerprint density at radius 3 is 1.69 bits per heavy atom. The van der Waals surface area contributed by atoms with Crippen LogP contribution in [0.4, 0.5) is 34.1 Å². The summed E-state index contributed by atoms with van der Waals surface area (Å²) in [7, 11) is 2.13. The van der Waals surface area contributed by atoms with Crippen molar-refractivity contribution in [3.8, 4) is 22.4 Å². The van der Waals surface area contributed by atoms with Crippen molar-refractivity contribution >= 4 is 69.0 Å². The monoisotopic (exact) mass is 856 g/mol. The predicted octanol–water partition coefficient (Wildman–Crippen LogP) is 13.9. The predicted molar refractivity (Wildman–Crippen MR) is 276 cm³/mol. The number of benzene rings is 6. The first-order chi connectivity index (χ1) is 30.1. The van der Waals surface area contributed by atoms with Crippen LogP contribution >= 0.6 is 11.8 Å². The molecular weight excluding hydrogens is 794 g/mol. The van der Waals surface area contributed by atoms with Crippen molar-refractivity contribution in [1.82, 2.24) is 0 Å². The molecule has 0 N–H and O–H groups in total. The molecule has 7 aromatic rings. The van der Waals surface area contributed by atoms with Crippen molar-refractivity contribution < 1.29 is 4.57 Å². The molecule has 0 saturated heterocycles. The summed E-state index contributed by atoms with van der Waals surface area (Å²) < 4.78 is 2.22. The Balaban J connectivity index is 1.32. The molecule has 0 bridgehead atoms. The number of aromatic nitrogens is 1. The Morgan fingerprint density at radius 1 is 0.484 bits per heavy atom. The van der Waals surface area contributed by atoms with Gasteiger partial charge in [-0.05, 0) is 145 Å². The van der Waals surface area contributed by atoms with Crippen molar-refractivity contribution in [3.63, 3.8) is 0 Å². The summed E-state index contributed by atoms with van der Waals surface area (Å²) >= 11 is 1.96. The molecule has 5 heteroatoms. The van der Waals surface area contributed by atoms with E-state index in [1.807, 2.05) is 11.8 Å². The first-order valence-corrected chi connectivity index (χ1v) is 24.0. The average molecular weight is 857 g/mol. The molecule has 3 nitrogen and oxygen atoms in total. The number of fused-ring (bicyclic) bond motifs is 6.